The predicted octanol–water partition coefficient (Wildman–Crippen LogP) is 6.77. The molecule has 1 aliphatic rings. The molecule has 1 nitrogen and oxygen atoms in total. The van der Waals surface area contributed by atoms with Gasteiger partial charge in [0.05, 0.1) is 0 Å². The van der Waals surface area contributed by atoms with Gasteiger partial charge in [-0.1, -0.05) is 55.4 Å². The van der Waals surface area contributed by atoms with Crippen molar-refractivity contribution in [1.29, 1.82) is 0 Å². The van der Waals surface area contributed by atoms with Crippen molar-refractivity contribution in [3.05, 3.63) is 28.3 Å². The minimum Gasteiger partial charge on any atom is -0.377 e. The van der Waals surface area contributed by atoms with Gasteiger partial charge >= 0.3 is 0 Å². The van der Waals surface area contributed by atoms with Crippen LogP contribution in [0.4, 0.5) is 5.69 Å². The number of fused-ring (bicyclic) bond motifs is 1. The Hall–Kier alpha value is -0.980. The van der Waals surface area contributed by atoms with Crippen LogP contribution in [0.2, 0.25) is 0 Å². The third-order valence-electron chi connectivity index (χ3n) is 5.13. The van der Waals surface area contributed by atoms with E-state index in [1.54, 1.807) is 11.1 Å². The van der Waals surface area contributed by atoms with Crippen LogP contribution in [0.15, 0.2) is 6.07 Å². The first-order valence-corrected chi connectivity index (χ1v) is 9.40. The van der Waals surface area contributed by atoms with Gasteiger partial charge < -0.3 is 4.90 Å². The van der Waals surface area contributed by atoms with Crippen LogP contribution in [-0.2, 0) is 10.8 Å². The summed E-state index contributed by atoms with van der Waals surface area (Å²) in [6.07, 6.45) is 2.57. The van der Waals surface area contributed by atoms with Crippen molar-refractivity contribution in [1.82, 2.24) is 0 Å². The molecule has 0 amide bonds. The maximum Gasteiger partial charge on any atom is 0.0396 e. The molecular weight excluding hydrogens is 278 g/mol. The van der Waals surface area contributed by atoms with Gasteiger partial charge in [0.1, 0.15) is 0 Å². The quantitative estimate of drug-likeness (QED) is 0.552. The second-order valence-corrected chi connectivity index (χ2v) is 7.73. The molecule has 0 fully saturated rings. The monoisotopic (exact) mass is 319 g/mol. The molecule has 2 rings (SSSR count). The largest absolute Gasteiger partial charge is 0.377 e. The lowest BCUT2D eigenvalue weighted by atomic mass is 9.61. The molecular formula is C22H41N. The molecule has 0 aliphatic heterocycles. The number of benzene rings is 1. The Morgan fingerprint density at radius 1 is 0.783 bits per heavy atom. The summed E-state index contributed by atoms with van der Waals surface area (Å²) in [5.41, 5.74) is 8.09. The zero-order chi connectivity index (χ0) is 18.6. The van der Waals surface area contributed by atoms with E-state index in [-0.39, 0.29) is 0 Å². The maximum atomic E-state index is 2.44. The molecule has 0 bridgehead atoms. The molecule has 0 saturated carbocycles. The molecule has 0 N–H and O–H groups in total. The van der Waals surface area contributed by atoms with Crippen LogP contribution in [0.3, 0.4) is 0 Å². The number of anilines is 1. The molecule has 0 saturated heterocycles. The molecule has 134 valence electrons. The van der Waals surface area contributed by atoms with E-state index >= 15 is 0 Å². The molecule has 1 aliphatic carbocycles. The van der Waals surface area contributed by atoms with Crippen molar-refractivity contribution >= 4 is 5.69 Å². The minimum absolute atomic E-state index is 0.300. The number of hydrogen-bond acceptors (Lipinski definition) is 1. The van der Waals surface area contributed by atoms with E-state index < -0.39 is 0 Å². The summed E-state index contributed by atoms with van der Waals surface area (Å²) >= 11 is 0. The van der Waals surface area contributed by atoms with E-state index in [4.69, 9.17) is 0 Å². The Bertz CT molecular complexity index is 507. The summed E-state index contributed by atoms with van der Waals surface area (Å²) in [6, 6.07) is 2.44. The highest BCUT2D eigenvalue weighted by Crippen LogP contribution is 2.49. The maximum absolute atomic E-state index is 2.44. The van der Waals surface area contributed by atoms with E-state index in [1.807, 2.05) is 27.7 Å². The first kappa shape index (κ1) is 22.0. The van der Waals surface area contributed by atoms with Gasteiger partial charge in [0.2, 0.25) is 0 Å². The van der Waals surface area contributed by atoms with Crippen LogP contribution < -0.4 is 4.90 Å². The lowest BCUT2D eigenvalue weighted by Gasteiger charge is -2.44. The molecule has 1 heteroatoms. The zero-order valence-electron chi connectivity index (χ0n) is 17.9. The van der Waals surface area contributed by atoms with E-state index in [0.717, 1.165) is 0 Å². The van der Waals surface area contributed by atoms with Gasteiger partial charge in [0, 0.05) is 19.8 Å². The van der Waals surface area contributed by atoms with Crippen LogP contribution in [0.5, 0.6) is 0 Å². The Morgan fingerprint density at radius 2 is 1.22 bits per heavy atom. The van der Waals surface area contributed by atoms with Gasteiger partial charge in [0.25, 0.3) is 0 Å². The lowest BCUT2D eigenvalue weighted by Crippen LogP contribution is -2.35. The van der Waals surface area contributed by atoms with Crippen LogP contribution >= 0.6 is 0 Å². The second-order valence-electron chi connectivity index (χ2n) is 7.73. The number of hydrogen-bond donors (Lipinski definition) is 0. The summed E-state index contributed by atoms with van der Waals surface area (Å²) in [6.45, 7) is 22.2. The zero-order valence-corrected chi connectivity index (χ0v) is 17.9. The predicted molar refractivity (Wildman–Crippen MR) is 108 cm³/mol. The van der Waals surface area contributed by atoms with Crippen LogP contribution in [0.1, 0.15) is 90.5 Å². The Balaban J connectivity index is 0.00000112. The average molecular weight is 320 g/mol. The third-order valence-corrected chi connectivity index (χ3v) is 5.13. The number of nitrogens with zero attached hydrogens (tertiary/aromatic N) is 1. The third kappa shape index (κ3) is 4.31. The Labute approximate surface area is 146 Å². The Kier molecular flexibility index (Phi) is 7.87. The fraction of sp³-hybridized carbons (Fsp3) is 0.727. The van der Waals surface area contributed by atoms with Crippen molar-refractivity contribution in [3.63, 3.8) is 0 Å². The lowest BCUT2D eigenvalue weighted by molar-refractivity contribution is 0.330. The molecule has 0 radical (unpaired) electrons. The normalized spacial score (nSPS) is 17.0. The average Bonchev–Trinajstić information content (AvgIpc) is 2.50. The Morgan fingerprint density at radius 3 is 1.65 bits per heavy atom. The van der Waals surface area contributed by atoms with Crippen molar-refractivity contribution < 1.29 is 0 Å². The van der Waals surface area contributed by atoms with Crippen molar-refractivity contribution in [2.24, 2.45) is 0 Å². The van der Waals surface area contributed by atoms with Gasteiger partial charge in [-0.15, -0.1) is 0 Å². The topological polar surface area (TPSA) is 3.24 Å². The molecule has 0 spiro atoms. The van der Waals surface area contributed by atoms with E-state index in [1.165, 1.54) is 29.7 Å². The first-order chi connectivity index (χ1) is 10.6. The highest BCUT2D eigenvalue weighted by Gasteiger charge is 2.38. The molecule has 0 unspecified atom stereocenters. The smallest absolute Gasteiger partial charge is 0.0396 e. The van der Waals surface area contributed by atoms with E-state index in [0.29, 0.717) is 10.8 Å². The van der Waals surface area contributed by atoms with Crippen molar-refractivity contribution in [2.75, 3.05) is 19.0 Å². The van der Waals surface area contributed by atoms with Crippen LogP contribution in [0, 0.1) is 13.8 Å². The van der Waals surface area contributed by atoms with Crippen molar-refractivity contribution in [2.45, 2.75) is 92.9 Å². The van der Waals surface area contributed by atoms with Crippen molar-refractivity contribution in [3.8, 4) is 0 Å². The standard InChI is InChI=1S/C18H29N.2C2H6/c1-12-13(2)16-14(11-15(12)19(7)8)17(3,4)9-10-18(16,5)6;2*1-2/h11H,9-10H2,1-8H3;2*1-2H3. The van der Waals surface area contributed by atoms with Gasteiger partial charge in [-0.2, -0.15) is 0 Å². The molecule has 1 aromatic carbocycles. The summed E-state index contributed by atoms with van der Waals surface area (Å²) < 4.78 is 0. The minimum atomic E-state index is 0.300. The van der Waals surface area contributed by atoms with Gasteiger partial charge in [-0.3, -0.25) is 0 Å². The van der Waals surface area contributed by atoms with Gasteiger partial charge in [-0.05, 0) is 65.8 Å². The van der Waals surface area contributed by atoms with E-state index in [2.05, 4.69) is 66.6 Å². The number of rotatable bonds is 1. The summed E-state index contributed by atoms with van der Waals surface area (Å²) in [7, 11) is 4.30. The molecule has 0 aromatic heterocycles. The summed E-state index contributed by atoms with van der Waals surface area (Å²) in [5.74, 6) is 0. The fourth-order valence-corrected chi connectivity index (χ4v) is 3.65. The van der Waals surface area contributed by atoms with Gasteiger partial charge in [0.15, 0.2) is 0 Å². The summed E-state index contributed by atoms with van der Waals surface area (Å²) in [4.78, 5) is 2.25. The van der Waals surface area contributed by atoms with Gasteiger partial charge in [-0.25, -0.2) is 0 Å². The first-order valence-electron chi connectivity index (χ1n) is 9.40. The SMILES string of the molecule is CC.CC.Cc1c(N(C)C)cc2c(c1C)C(C)(C)CCC2(C)C. The summed E-state index contributed by atoms with van der Waals surface area (Å²) in [5, 5.41) is 0. The van der Waals surface area contributed by atoms with E-state index in [9.17, 15) is 0 Å². The second kappa shape index (κ2) is 8.22. The molecule has 0 heterocycles. The molecule has 23 heavy (non-hydrogen) atoms. The highest BCUT2D eigenvalue weighted by atomic mass is 15.1. The fourth-order valence-electron chi connectivity index (χ4n) is 3.65. The van der Waals surface area contributed by atoms with Crippen LogP contribution in [-0.4, -0.2) is 14.1 Å². The van der Waals surface area contributed by atoms with Crippen LogP contribution in [0.25, 0.3) is 0 Å². The molecule has 1 aromatic rings. The highest BCUT2D eigenvalue weighted by molar-refractivity contribution is 5.63. The molecule has 0 atom stereocenters.